The van der Waals surface area contributed by atoms with Gasteiger partial charge in [-0.3, -0.25) is 0 Å². The van der Waals surface area contributed by atoms with E-state index in [1.165, 1.54) is 5.56 Å². The number of hydrogen-bond donors (Lipinski definition) is 1. The molecule has 0 radical (unpaired) electrons. The smallest absolute Gasteiger partial charge is 0.127 e. The molecule has 92 valence electrons. The van der Waals surface area contributed by atoms with Gasteiger partial charge in [-0.1, -0.05) is 17.7 Å². The van der Waals surface area contributed by atoms with Crippen LogP contribution in [0.15, 0.2) is 30.3 Å². The zero-order chi connectivity index (χ0) is 13.3. The number of nitrogen functional groups attached to an aromatic ring is 1. The Bertz CT molecular complexity index is 600. The second kappa shape index (κ2) is 4.19. The topological polar surface area (TPSA) is 67.6 Å². The predicted molar refractivity (Wildman–Crippen MR) is 71.4 cm³/mol. The molecule has 1 aromatic heterocycles. The highest BCUT2D eigenvalue weighted by Crippen LogP contribution is 2.24. The number of rotatable bonds is 2. The first kappa shape index (κ1) is 12.2. The van der Waals surface area contributed by atoms with E-state index in [0.717, 1.165) is 5.69 Å². The SMILES string of the molecule is Cc1ccc(-n2nc(C(C)(C)C#N)cc2N)cc1. The van der Waals surface area contributed by atoms with Crippen LogP contribution >= 0.6 is 0 Å². The summed E-state index contributed by atoms with van der Waals surface area (Å²) >= 11 is 0. The van der Waals surface area contributed by atoms with Crippen LogP contribution in [-0.4, -0.2) is 9.78 Å². The van der Waals surface area contributed by atoms with E-state index < -0.39 is 5.41 Å². The summed E-state index contributed by atoms with van der Waals surface area (Å²) in [6.07, 6.45) is 0. The van der Waals surface area contributed by atoms with Crippen molar-refractivity contribution in [3.05, 3.63) is 41.6 Å². The molecule has 0 aliphatic rings. The molecule has 0 aliphatic carbocycles. The van der Waals surface area contributed by atoms with Crippen LogP contribution in [0.25, 0.3) is 5.69 Å². The molecule has 0 spiro atoms. The van der Waals surface area contributed by atoms with Crippen LogP contribution in [0, 0.1) is 18.3 Å². The fourth-order valence-electron chi connectivity index (χ4n) is 1.65. The van der Waals surface area contributed by atoms with E-state index in [-0.39, 0.29) is 0 Å². The number of nitrogens with zero attached hydrogens (tertiary/aromatic N) is 3. The monoisotopic (exact) mass is 240 g/mol. The van der Waals surface area contributed by atoms with Gasteiger partial charge in [0.25, 0.3) is 0 Å². The van der Waals surface area contributed by atoms with Gasteiger partial charge in [0.05, 0.1) is 22.9 Å². The van der Waals surface area contributed by atoms with E-state index in [1.54, 1.807) is 10.7 Å². The molecule has 4 nitrogen and oxygen atoms in total. The van der Waals surface area contributed by atoms with Gasteiger partial charge in [-0.25, -0.2) is 4.68 Å². The highest BCUT2D eigenvalue weighted by Gasteiger charge is 2.24. The summed E-state index contributed by atoms with van der Waals surface area (Å²) in [4.78, 5) is 0. The number of nitriles is 1. The minimum Gasteiger partial charge on any atom is -0.384 e. The van der Waals surface area contributed by atoms with Crippen LogP contribution in [0.5, 0.6) is 0 Å². The summed E-state index contributed by atoms with van der Waals surface area (Å²) in [6, 6.07) is 11.9. The minimum atomic E-state index is -0.635. The van der Waals surface area contributed by atoms with Crippen LogP contribution in [0.3, 0.4) is 0 Å². The van der Waals surface area contributed by atoms with E-state index in [1.807, 2.05) is 45.0 Å². The van der Waals surface area contributed by atoms with Crippen molar-refractivity contribution >= 4 is 5.82 Å². The molecule has 2 aromatic rings. The van der Waals surface area contributed by atoms with Crippen molar-refractivity contribution in [3.63, 3.8) is 0 Å². The quantitative estimate of drug-likeness (QED) is 0.877. The van der Waals surface area contributed by atoms with E-state index in [4.69, 9.17) is 11.0 Å². The van der Waals surface area contributed by atoms with Crippen LogP contribution in [0.4, 0.5) is 5.82 Å². The summed E-state index contributed by atoms with van der Waals surface area (Å²) in [5, 5.41) is 13.5. The summed E-state index contributed by atoms with van der Waals surface area (Å²) in [7, 11) is 0. The number of anilines is 1. The molecule has 1 heterocycles. The lowest BCUT2D eigenvalue weighted by atomic mass is 9.92. The lowest BCUT2D eigenvalue weighted by molar-refractivity contribution is 0.644. The van der Waals surface area contributed by atoms with Gasteiger partial charge in [-0.15, -0.1) is 0 Å². The van der Waals surface area contributed by atoms with Crippen LogP contribution < -0.4 is 5.73 Å². The lowest BCUT2D eigenvalue weighted by Gasteiger charge is -2.10. The maximum absolute atomic E-state index is 9.11. The van der Waals surface area contributed by atoms with Crippen molar-refractivity contribution in [2.24, 2.45) is 0 Å². The number of nitrogens with two attached hydrogens (primary N) is 1. The van der Waals surface area contributed by atoms with Crippen molar-refractivity contribution < 1.29 is 0 Å². The maximum atomic E-state index is 9.11. The fourth-order valence-corrected chi connectivity index (χ4v) is 1.65. The second-order valence-electron chi connectivity index (χ2n) is 4.94. The average molecular weight is 240 g/mol. The molecule has 0 saturated carbocycles. The standard InChI is InChI=1S/C14H16N4/c1-10-4-6-11(7-5-10)18-13(16)8-12(17-18)14(2,3)9-15/h4-8H,16H2,1-3H3. The fraction of sp³-hybridized carbons (Fsp3) is 0.286. The molecule has 2 rings (SSSR count). The number of benzene rings is 1. The van der Waals surface area contributed by atoms with Gasteiger partial charge in [0, 0.05) is 6.07 Å². The van der Waals surface area contributed by atoms with Crippen molar-refractivity contribution in [2.45, 2.75) is 26.2 Å². The number of hydrogen-bond acceptors (Lipinski definition) is 3. The van der Waals surface area contributed by atoms with E-state index >= 15 is 0 Å². The first-order valence-corrected chi connectivity index (χ1v) is 5.78. The van der Waals surface area contributed by atoms with Gasteiger partial charge in [-0.05, 0) is 32.9 Å². The summed E-state index contributed by atoms with van der Waals surface area (Å²) in [6.45, 7) is 5.68. The molecule has 0 fully saturated rings. The molecule has 4 heteroatoms. The Morgan fingerprint density at radius 2 is 1.89 bits per heavy atom. The van der Waals surface area contributed by atoms with Crippen molar-refractivity contribution in [1.82, 2.24) is 9.78 Å². The summed E-state index contributed by atoms with van der Waals surface area (Å²) < 4.78 is 1.66. The van der Waals surface area contributed by atoms with E-state index in [0.29, 0.717) is 11.5 Å². The molecule has 1 aromatic carbocycles. The molecule has 18 heavy (non-hydrogen) atoms. The predicted octanol–water partition coefficient (Wildman–Crippen LogP) is 2.56. The van der Waals surface area contributed by atoms with Gasteiger partial charge >= 0.3 is 0 Å². The van der Waals surface area contributed by atoms with Crippen molar-refractivity contribution in [1.29, 1.82) is 5.26 Å². The summed E-state index contributed by atoms with van der Waals surface area (Å²) in [5.41, 5.74) is 8.09. The third-order valence-corrected chi connectivity index (χ3v) is 2.94. The van der Waals surface area contributed by atoms with Gasteiger partial charge in [-0.2, -0.15) is 10.4 Å². The largest absolute Gasteiger partial charge is 0.384 e. The molecular weight excluding hydrogens is 224 g/mol. The molecule has 0 saturated heterocycles. The minimum absolute atomic E-state index is 0.539. The van der Waals surface area contributed by atoms with Crippen molar-refractivity contribution in [2.75, 3.05) is 5.73 Å². The molecule has 0 bridgehead atoms. The highest BCUT2D eigenvalue weighted by atomic mass is 15.3. The average Bonchev–Trinajstić information content (AvgIpc) is 2.73. The third-order valence-electron chi connectivity index (χ3n) is 2.94. The highest BCUT2D eigenvalue weighted by molar-refractivity contribution is 5.45. The number of aryl methyl sites for hydroxylation is 1. The van der Waals surface area contributed by atoms with Gasteiger partial charge < -0.3 is 5.73 Å². The van der Waals surface area contributed by atoms with E-state index in [2.05, 4.69) is 11.2 Å². The van der Waals surface area contributed by atoms with Crippen molar-refractivity contribution in [3.8, 4) is 11.8 Å². The first-order chi connectivity index (χ1) is 8.44. The van der Waals surface area contributed by atoms with Gasteiger partial charge in [0.1, 0.15) is 5.82 Å². The second-order valence-corrected chi connectivity index (χ2v) is 4.94. The first-order valence-electron chi connectivity index (χ1n) is 5.78. The maximum Gasteiger partial charge on any atom is 0.127 e. The summed E-state index contributed by atoms with van der Waals surface area (Å²) in [5.74, 6) is 0.539. The van der Waals surface area contributed by atoms with Crippen LogP contribution in [0.2, 0.25) is 0 Å². The Balaban J connectivity index is 2.48. The normalized spacial score (nSPS) is 11.2. The molecule has 0 aliphatic heterocycles. The Morgan fingerprint density at radius 1 is 1.28 bits per heavy atom. The Morgan fingerprint density at radius 3 is 2.44 bits per heavy atom. The molecular formula is C14H16N4. The van der Waals surface area contributed by atoms with Gasteiger partial charge in [0.2, 0.25) is 0 Å². The van der Waals surface area contributed by atoms with Crippen LogP contribution in [0.1, 0.15) is 25.1 Å². The molecule has 0 atom stereocenters. The molecule has 0 amide bonds. The lowest BCUT2D eigenvalue weighted by Crippen LogP contribution is -2.15. The van der Waals surface area contributed by atoms with Gasteiger partial charge in [0.15, 0.2) is 0 Å². The molecule has 2 N–H and O–H groups in total. The van der Waals surface area contributed by atoms with Crippen LogP contribution in [-0.2, 0) is 5.41 Å². The Hall–Kier alpha value is -2.28. The Kier molecular flexibility index (Phi) is 2.84. The number of aromatic nitrogens is 2. The zero-order valence-electron chi connectivity index (χ0n) is 10.8. The Labute approximate surface area is 107 Å². The zero-order valence-corrected chi connectivity index (χ0v) is 10.8. The van der Waals surface area contributed by atoms with E-state index in [9.17, 15) is 0 Å². The molecule has 0 unspecified atom stereocenters. The third kappa shape index (κ3) is 2.07.